The molecule has 0 spiro atoms. The van der Waals surface area contributed by atoms with Crippen molar-refractivity contribution in [3.63, 3.8) is 0 Å². The molecular weight excluding hydrogens is 284 g/mol. The van der Waals surface area contributed by atoms with E-state index >= 15 is 0 Å². The summed E-state index contributed by atoms with van der Waals surface area (Å²) in [4.78, 5) is 0. The SMILES string of the molecule is CC(C)=CCCC(C)=CCc1c(C)c(O)c2ccccc2c1O. The van der Waals surface area contributed by atoms with E-state index in [1.54, 1.807) is 0 Å². The number of rotatable bonds is 5. The molecule has 0 radical (unpaired) electrons. The van der Waals surface area contributed by atoms with Crippen LogP contribution in [0.2, 0.25) is 0 Å². The highest BCUT2D eigenvalue weighted by Crippen LogP contribution is 2.39. The molecule has 0 bridgehead atoms. The van der Waals surface area contributed by atoms with E-state index in [4.69, 9.17) is 0 Å². The van der Waals surface area contributed by atoms with Gasteiger partial charge in [0.15, 0.2) is 0 Å². The summed E-state index contributed by atoms with van der Waals surface area (Å²) in [5, 5.41) is 22.4. The maximum atomic E-state index is 10.6. The minimum absolute atomic E-state index is 0.268. The summed E-state index contributed by atoms with van der Waals surface area (Å²) >= 11 is 0. The van der Waals surface area contributed by atoms with Crippen LogP contribution < -0.4 is 0 Å². The molecular formula is C21H26O2. The predicted octanol–water partition coefficient (Wildman–Crippen LogP) is 5.79. The van der Waals surface area contributed by atoms with Crippen molar-refractivity contribution < 1.29 is 10.2 Å². The summed E-state index contributed by atoms with van der Waals surface area (Å²) in [6.07, 6.45) is 7.08. The number of phenolic OH excluding ortho intramolecular Hbond substituents is 2. The van der Waals surface area contributed by atoms with Crippen LogP contribution in [0.5, 0.6) is 11.5 Å². The first-order valence-corrected chi connectivity index (χ1v) is 8.13. The molecule has 2 heteroatoms. The lowest BCUT2D eigenvalue weighted by Gasteiger charge is -2.13. The molecule has 0 fully saturated rings. The van der Waals surface area contributed by atoms with Crippen LogP contribution >= 0.6 is 0 Å². The van der Waals surface area contributed by atoms with E-state index in [0.29, 0.717) is 17.2 Å². The van der Waals surface area contributed by atoms with Gasteiger partial charge in [-0.3, -0.25) is 0 Å². The van der Waals surface area contributed by atoms with E-state index in [9.17, 15) is 10.2 Å². The Balaban J connectivity index is 2.28. The molecule has 0 aromatic heterocycles. The van der Waals surface area contributed by atoms with Gasteiger partial charge in [-0.15, -0.1) is 0 Å². The van der Waals surface area contributed by atoms with Crippen molar-refractivity contribution >= 4 is 10.8 Å². The molecule has 2 aromatic rings. The number of benzene rings is 2. The molecule has 0 aliphatic rings. The Morgan fingerprint density at radius 3 is 2.17 bits per heavy atom. The molecule has 2 nitrogen and oxygen atoms in total. The van der Waals surface area contributed by atoms with Gasteiger partial charge in [-0.25, -0.2) is 0 Å². The Labute approximate surface area is 138 Å². The Morgan fingerprint density at radius 2 is 1.57 bits per heavy atom. The lowest BCUT2D eigenvalue weighted by molar-refractivity contribution is 0.461. The molecule has 0 aliphatic heterocycles. The lowest BCUT2D eigenvalue weighted by Crippen LogP contribution is -1.92. The zero-order chi connectivity index (χ0) is 17.0. The molecule has 2 N–H and O–H groups in total. The molecule has 0 saturated carbocycles. The second-order valence-electron chi connectivity index (χ2n) is 6.42. The highest BCUT2D eigenvalue weighted by molar-refractivity contribution is 5.95. The average molecular weight is 310 g/mol. The molecule has 122 valence electrons. The van der Waals surface area contributed by atoms with Gasteiger partial charge in [0.25, 0.3) is 0 Å². The summed E-state index contributed by atoms with van der Waals surface area (Å²) < 4.78 is 0. The van der Waals surface area contributed by atoms with Crippen LogP contribution in [0, 0.1) is 6.92 Å². The van der Waals surface area contributed by atoms with Crippen molar-refractivity contribution in [3.05, 3.63) is 58.7 Å². The highest BCUT2D eigenvalue weighted by Gasteiger charge is 2.14. The summed E-state index contributed by atoms with van der Waals surface area (Å²) in [6, 6.07) is 7.43. The smallest absolute Gasteiger partial charge is 0.127 e. The van der Waals surface area contributed by atoms with Crippen LogP contribution in [-0.4, -0.2) is 10.2 Å². The molecule has 23 heavy (non-hydrogen) atoms. The first kappa shape index (κ1) is 17.1. The van der Waals surface area contributed by atoms with Gasteiger partial charge in [-0.05, 0) is 52.5 Å². The van der Waals surface area contributed by atoms with E-state index in [1.807, 2.05) is 31.2 Å². The summed E-state index contributed by atoms with van der Waals surface area (Å²) in [7, 11) is 0. The predicted molar refractivity (Wildman–Crippen MR) is 98.1 cm³/mol. The van der Waals surface area contributed by atoms with Gasteiger partial charge in [-0.1, -0.05) is 47.6 Å². The molecule has 0 aliphatic carbocycles. The molecule has 0 heterocycles. The highest BCUT2D eigenvalue weighted by atomic mass is 16.3. The average Bonchev–Trinajstić information content (AvgIpc) is 2.52. The Hall–Kier alpha value is -2.22. The van der Waals surface area contributed by atoms with Crippen LogP contribution in [0.3, 0.4) is 0 Å². The number of fused-ring (bicyclic) bond motifs is 1. The van der Waals surface area contributed by atoms with Crippen molar-refractivity contribution in [1.29, 1.82) is 0 Å². The normalized spacial score (nSPS) is 11.7. The molecule has 2 rings (SSSR count). The lowest BCUT2D eigenvalue weighted by atomic mass is 9.95. The van der Waals surface area contributed by atoms with E-state index in [2.05, 4.69) is 32.9 Å². The van der Waals surface area contributed by atoms with Gasteiger partial charge in [0, 0.05) is 16.3 Å². The number of aromatic hydroxyl groups is 2. The van der Waals surface area contributed by atoms with Crippen LogP contribution in [0.25, 0.3) is 10.8 Å². The molecule has 0 unspecified atom stereocenters. The van der Waals surface area contributed by atoms with Crippen molar-refractivity contribution in [3.8, 4) is 11.5 Å². The Kier molecular flexibility index (Phi) is 5.49. The standard InChI is InChI=1S/C21H26O2/c1-14(2)8-7-9-15(3)12-13-17-16(4)20(22)18-10-5-6-11-19(18)21(17)23/h5-6,8,10-12,22-23H,7,9,13H2,1-4H3. The summed E-state index contributed by atoms with van der Waals surface area (Å²) in [5.74, 6) is 0.549. The quantitative estimate of drug-likeness (QED) is 0.541. The van der Waals surface area contributed by atoms with Gasteiger partial charge in [0.1, 0.15) is 11.5 Å². The minimum atomic E-state index is 0.268. The van der Waals surface area contributed by atoms with Crippen molar-refractivity contribution in [2.24, 2.45) is 0 Å². The van der Waals surface area contributed by atoms with Crippen LogP contribution in [0.1, 0.15) is 44.7 Å². The first-order chi connectivity index (χ1) is 10.9. The van der Waals surface area contributed by atoms with Crippen molar-refractivity contribution in [1.82, 2.24) is 0 Å². The van der Waals surface area contributed by atoms with E-state index in [1.165, 1.54) is 11.1 Å². The first-order valence-electron chi connectivity index (χ1n) is 8.13. The third-order valence-corrected chi connectivity index (χ3v) is 4.28. The van der Waals surface area contributed by atoms with Gasteiger partial charge < -0.3 is 10.2 Å². The third-order valence-electron chi connectivity index (χ3n) is 4.28. The maximum absolute atomic E-state index is 10.6. The topological polar surface area (TPSA) is 40.5 Å². The maximum Gasteiger partial charge on any atom is 0.127 e. The van der Waals surface area contributed by atoms with Gasteiger partial charge >= 0.3 is 0 Å². The number of phenols is 2. The van der Waals surface area contributed by atoms with E-state index in [-0.39, 0.29) is 11.5 Å². The van der Waals surface area contributed by atoms with Crippen LogP contribution in [-0.2, 0) is 6.42 Å². The zero-order valence-electron chi connectivity index (χ0n) is 14.5. The number of allylic oxidation sites excluding steroid dienone is 4. The second-order valence-corrected chi connectivity index (χ2v) is 6.42. The largest absolute Gasteiger partial charge is 0.507 e. The molecule has 0 amide bonds. The van der Waals surface area contributed by atoms with E-state index in [0.717, 1.165) is 24.0 Å². The molecule has 2 aromatic carbocycles. The summed E-state index contributed by atoms with van der Waals surface area (Å²) in [6.45, 7) is 8.20. The molecule has 0 saturated heterocycles. The summed E-state index contributed by atoms with van der Waals surface area (Å²) in [5.41, 5.74) is 4.21. The van der Waals surface area contributed by atoms with E-state index < -0.39 is 0 Å². The fourth-order valence-electron chi connectivity index (χ4n) is 2.80. The number of hydrogen-bond acceptors (Lipinski definition) is 2. The van der Waals surface area contributed by atoms with Gasteiger partial charge in [-0.2, -0.15) is 0 Å². The van der Waals surface area contributed by atoms with Crippen molar-refractivity contribution in [2.45, 2.75) is 47.0 Å². The minimum Gasteiger partial charge on any atom is -0.507 e. The molecule has 0 atom stereocenters. The second kappa shape index (κ2) is 7.36. The third kappa shape index (κ3) is 3.95. The van der Waals surface area contributed by atoms with Gasteiger partial charge in [0.05, 0.1) is 0 Å². The monoisotopic (exact) mass is 310 g/mol. The fourth-order valence-corrected chi connectivity index (χ4v) is 2.80. The van der Waals surface area contributed by atoms with Crippen LogP contribution in [0.4, 0.5) is 0 Å². The van der Waals surface area contributed by atoms with Crippen molar-refractivity contribution in [2.75, 3.05) is 0 Å². The zero-order valence-corrected chi connectivity index (χ0v) is 14.5. The van der Waals surface area contributed by atoms with Gasteiger partial charge in [0.2, 0.25) is 0 Å². The Bertz CT molecular complexity index is 763. The van der Waals surface area contributed by atoms with Crippen LogP contribution in [0.15, 0.2) is 47.6 Å². The number of hydrogen-bond donors (Lipinski definition) is 2. The fraction of sp³-hybridized carbons (Fsp3) is 0.333. The Morgan fingerprint density at radius 1 is 0.957 bits per heavy atom.